The standard InChI is InChI=1S/C51H30F6O4S2/c1-31-45(29-41(60-31)23-17-37-11-5-35(6-12-37)9-15-39-19-25-43(26-20-39)62-33(3)58)47-48(50(54,55)51(56,57)49(47,52)53)46-30-42(61-32(46)2)24-18-38-13-7-36(8-14-38)10-16-40-21-27-44(28-22-40)63-34(4)59/h5-8,11-14,19-22,25-30H,1-4H3. The molecule has 1 aliphatic rings. The Hall–Kier alpha value is -6.96. The molecule has 2 aromatic heterocycles. The van der Waals surface area contributed by atoms with Crippen LogP contribution in [0.15, 0.2) is 128 Å². The van der Waals surface area contributed by atoms with Crippen molar-refractivity contribution < 1.29 is 44.8 Å². The summed E-state index contributed by atoms with van der Waals surface area (Å²) in [7, 11) is 0. The van der Waals surface area contributed by atoms with Gasteiger partial charge in [0.2, 0.25) is 0 Å². The van der Waals surface area contributed by atoms with Crippen LogP contribution >= 0.6 is 23.5 Å². The van der Waals surface area contributed by atoms with E-state index in [1.54, 1.807) is 97.1 Å². The summed E-state index contributed by atoms with van der Waals surface area (Å²) in [6.45, 7) is 5.36. The molecule has 0 spiro atoms. The second-order valence-corrected chi connectivity index (χ2v) is 16.5. The lowest BCUT2D eigenvalue weighted by molar-refractivity contribution is -0.254. The molecule has 6 aromatic rings. The van der Waals surface area contributed by atoms with Gasteiger partial charge < -0.3 is 8.83 Å². The number of carbonyl (C=O) groups is 2. The molecule has 0 atom stereocenters. The number of halogens is 6. The van der Waals surface area contributed by atoms with Crippen molar-refractivity contribution in [1.82, 2.24) is 0 Å². The summed E-state index contributed by atoms with van der Waals surface area (Å²) in [6, 6.07) is 29.7. The smallest absolute Gasteiger partial charge is 0.380 e. The van der Waals surface area contributed by atoms with Crippen LogP contribution in [-0.2, 0) is 9.59 Å². The molecule has 1 aliphatic carbocycles. The van der Waals surface area contributed by atoms with Gasteiger partial charge >= 0.3 is 17.8 Å². The monoisotopic (exact) mass is 884 g/mol. The van der Waals surface area contributed by atoms with Gasteiger partial charge in [-0.2, -0.15) is 26.3 Å². The lowest BCUT2D eigenvalue weighted by Crippen LogP contribution is -2.48. The Morgan fingerprint density at radius 3 is 0.968 bits per heavy atom. The predicted octanol–water partition coefficient (Wildman–Crippen LogP) is 12.2. The topological polar surface area (TPSA) is 60.4 Å². The van der Waals surface area contributed by atoms with Crippen molar-refractivity contribution in [2.45, 2.75) is 55.3 Å². The van der Waals surface area contributed by atoms with E-state index in [9.17, 15) is 9.59 Å². The fourth-order valence-electron chi connectivity index (χ4n) is 6.39. The molecule has 0 saturated heterocycles. The molecule has 0 aliphatic heterocycles. The zero-order valence-electron chi connectivity index (χ0n) is 33.6. The Morgan fingerprint density at radius 2 is 0.698 bits per heavy atom. The maximum absolute atomic E-state index is 15.7. The quantitative estimate of drug-likeness (QED) is 0.0998. The maximum Gasteiger partial charge on any atom is 0.380 e. The van der Waals surface area contributed by atoms with Crippen molar-refractivity contribution in [2.75, 3.05) is 0 Å². The van der Waals surface area contributed by atoms with Gasteiger partial charge in [-0.1, -0.05) is 59.0 Å². The van der Waals surface area contributed by atoms with Crippen molar-refractivity contribution in [3.05, 3.63) is 177 Å². The van der Waals surface area contributed by atoms with Crippen LogP contribution in [-0.4, -0.2) is 28.0 Å². The first-order valence-corrected chi connectivity index (χ1v) is 20.5. The fourth-order valence-corrected chi connectivity index (χ4v) is 7.60. The van der Waals surface area contributed by atoms with Crippen molar-refractivity contribution in [2.24, 2.45) is 0 Å². The lowest BCUT2D eigenvalue weighted by Gasteiger charge is -2.25. The van der Waals surface area contributed by atoms with Gasteiger partial charge in [0, 0.05) is 91.4 Å². The number of benzene rings is 4. The minimum atomic E-state index is -5.80. The van der Waals surface area contributed by atoms with Crippen LogP contribution < -0.4 is 0 Å². The Bertz CT molecular complexity index is 2850. The van der Waals surface area contributed by atoms with Crippen LogP contribution in [0.3, 0.4) is 0 Å². The number of hydrogen-bond donors (Lipinski definition) is 0. The van der Waals surface area contributed by atoms with E-state index in [2.05, 4.69) is 47.4 Å². The highest BCUT2D eigenvalue weighted by Crippen LogP contribution is 2.65. The van der Waals surface area contributed by atoms with Gasteiger partial charge in [-0.05, 0) is 123 Å². The number of aryl methyl sites for hydroxylation is 2. The first-order chi connectivity index (χ1) is 29.9. The molecule has 0 radical (unpaired) electrons. The molecule has 7 rings (SSSR count). The highest BCUT2D eigenvalue weighted by Gasteiger charge is 2.80. The summed E-state index contributed by atoms with van der Waals surface area (Å²) in [6.07, 6.45) is 0. The SMILES string of the molecule is CC(=O)Sc1ccc(C#Cc2ccc(C#Cc3cc(C4=C(c5cc(C#Cc6ccc(C#Cc7ccc(SC(C)=O)cc7)cc6)oc5C)C(F)(F)C(F)(F)C4(F)F)c(C)o3)cc2)cc1. The minimum Gasteiger partial charge on any atom is -0.452 e. The van der Waals surface area contributed by atoms with Gasteiger partial charge in [0.05, 0.1) is 0 Å². The third-order valence-electron chi connectivity index (χ3n) is 9.40. The zero-order valence-corrected chi connectivity index (χ0v) is 35.2. The maximum atomic E-state index is 15.7. The van der Waals surface area contributed by atoms with Crippen LogP contribution in [0.4, 0.5) is 26.3 Å². The van der Waals surface area contributed by atoms with E-state index in [-0.39, 0.29) is 33.3 Å². The number of furan rings is 2. The molecule has 4 aromatic carbocycles. The summed E-state index contributed by atoms with van der Waals surface area (Å²) in [5.41, 5.74) is -0.774. The number of hydrogen-bond acceptors (Lipinski definition) is 6. The van der Waals surface area contributed by atoms with Gasteiger partial charge in [-0.3, -0.25) is 9.59 Å². The van der Waals surface area contributed by atoms with Crippen LogP contribution in [0, 0.1) is 61.2 Å². The van der Waals surface area contributed by atoms with E-state index in [0.717, 1.165) is 56.6 Å². The first kappa shape index (κ1) is 44.1. The molecule has 312 valence electrons. The summed E-state index contributed by atoms with van der Waals surface area (Å²) >= 11 is 2.24. The summed E-state index contributed by atoms with van der Waals surface area (Å²) < 4.78 is 104. The molecule has 0 N–H and O–H groups in total. The van der Waals surface area contributed by atoms with E-state index < -0.39 is 40.0 Å². The first-order valence-electron chi connectivity index (χ1n) is 18.9. The van der Waals surface area contributed by atoms with Crippen molar-refractivity contribution in [3.63, 3.8) is 0 Å². The van der Waals surface area contributed by atoms with Crippen molar-refractivity contribution in [1.29, 1.82) is 0 Å². The molecule has 0 fully saturated rings. The molecule has 0 amide bonds. The number of carbonyl (C=O) groups excluding carboxylic acids is 2. The van der Waals surface area contributed by atoms with Crippen LogP contribution in [0.5, 0.6) is 0 Å². The molecule has 0 bridgehead atoms. The Labute approximate surface area is 367 Å². The van der Waals surface area contributed by atoms with E-state index in [0.29, 0.717) is 22.3 Å². The second-order valence-electron chi connectivity index (χ2n) is 14.0. The van der Waals surface area contributed by atoms with Gasteiger partial charge in [-0.15, -0.1) is 0 Å². The Morgan fingerprint density at radius 1 is 0.444 bits per heavy atom. The number of alkyl halides is 6. The molecule has 2 heterocycles. The highest BCUT2D eigenvalue weighted by atomic mass is 32.2. The van der Waals surface area contributed by atoms with Gasteiger partial charge in [0.15, 0.2) is 21.8 Å². The van der Waals surface area contributed by atoms with Crippen LogP contribution in [0.25, 0.3) is 11.1 Å². The summed E-state index contributed by atoms with van der Waals surface area (Å²) in [5.74, 6) is 5.50. The second kappa shape index (κ2) is 17.8. The van der Waals surface area contributed by atoms with Crippen molar-refractivity contribution >= 4 is 44.9 Å². The van der Waals surface area contributed by atoms with Crippen LogP contribution in [0.2, 0.25) is 0 Å². The minimum absolute atomic E-state index is 0.0244. The molecular weight excluding hydrogens is 855 g/mol. The lowest BCUT2D eigenvalue weighted by atomic mass is 9.95. The summed E-state index contributed by atoms with van der Waals surface area (Å²) in [5, 5.41) is -0.0487. The Balaban J connectivity index is 1.12. The number of allylic oxidation sites excluding steroid dienone is 2. The van der Waals surface area contributed by atoms with Crippen LogP contribution in [0.1, 0.15) is 81.4 Å². The third-order valence-corrected chi connectivity index (χ3v) is 11.0. The van der Waals surface area contributed by atoms with E-state index in [1.165, 1.54) is 27.7 Å². The average molecular weight is 885 g/mol. The summed E-state index contributed by atoms with van der Waals surface area (Å²) in [4.78, 5) is 24.2. The molecule has 63 heavy (non-hydrogen) atoms. The Kier molecular flexibility index (Phi) is 12.5. The largest absolute Gasteiger partial charge is 0.452 e. The highest BCUT2D eigenvalue weighted by molar-refractivity contribution is 8.13. The van der Waals surface area contributed by atoms with Gasteiger partial charge in [0.1, 0.15) is 11.5 Å². The normalized spacial score (nSPS) is 14.3. The van der Waals surface area contributed by atoms with E-state index in [4.69, 9.17) is 8.83 Å². The molecule has 0 saturated carbocycles. The van der Waals surface area contributed by atoms with Gasteiger partial charge in [0.25, 0.3) is 0 Å². The van der Waals surface area contributed by atoms with E-state index in [1.807, 2.05) is 0 Å². The fraction of sp³-hybridized carbons (Fsp3) is 0.137. The number of thioether (sulfide) groups is 2. The van der Waals surface area contributed by atoms with Gasteiger partial charge in [-0.25, -0.2) is 0 Å². The third kappa shape index (κ3) is 9.59. The zero-order chi connectivity index (χ0) is 45.1. The molecule has 0 unspecified atom stereocenters. The molecular formula is C51H30F6O4S2. The number of rotatable bonds is 4. The molecule has 4 nitrogen and oxygen atoms in total. The van der Waals surface area contributed by atoms with E-state index >= 15 is 26.3 Å². The van der Waals surface area contributed by atoms with Crippen molar-refractivity contribution in [3.8, 4) is 47.4 Å². The average Bonchev–Trinajstić information content (AvgIpc) is 3.83. The molecule has 12 heteroatoms. The predicted molar refractivity (Wildman–Crippen MR) is 231 cm³/mol.